The molecule has 0 fully saturated rings. The van der Waals surface area contributed by atoms with E-state index in [2.05, 4.69) is 20.9 Å². The lowest BCUT2D eigenvalue weighted by molar-refractivity contribution is 0.102. The Morgan fingerprint density at radius 1 is 1.14 bits per heavy atom. The second-order valence-corrected chi connectivity index (χ2v) is 6.35. The number of aromatic nitrogens is 1. The highest BCUT2D eigenvalue weighted by molar-refractivity contribution is 6.32. The van der Waals surface area contributed by atoms with Gasteiger partial charge in [0.1, 0.15) is 22.9 Å². The largest absolute Gasteiger partial charge is 0.506 e. The molecule has 1 aliphatic rings. The standard InChI is InChI=1S/C19H11ClFN5O2/c20-10-6-11(21)14(7-16(10)27)24-13-3-4-23-18-17(13)19(28)26-15-5-9(8-22)1-2-12(15)25-18/h1-7,27H,(H,26,28)(H2,23,24,25). The van der Waals surface area contributed by atoms with Crippen molar-refractivity contribution in [3.8, 4) is 11.8 Å². The summed E-state index contributed by atoms with van der Waals surface area (Å²) in [6.07, 6.45) is 1.45. The summed E-state index contributed by atoms with van der Waals surface area (Å²) in [4.78, 5) is 17.0. The number of nitrogens with zero attached hydrogens (tertiary/aromatic N) is 2. The minimum atomic E-state index is -0.697. The van der Waals surface area contributed by atoms with Crippen LogP contribution in [-0.2, 0) is 0 Å². The summed E-state index contributed by atoms with van der Waals surface area (Å²) in [5.74, 6) is -1.24. The second kappa shape index (κ2) is 6.72. The average Bonchev–Trinajstić information content (AvgIpc) is 2.81. The predicted molar refractivity (Wildman–Crippen MR) is 103 cm³/mol. The quantitative estimate of drug-likeness (QED) is 0.508. The van der Waals surface area contributed by atoms with Gasteiger partial charge in [-0.1, -0.05) is 11.6 Å². The van der Waals surface area contributed by atoms with Crippen LogP contribution in [0.15, 0.2) is 42.6 Å². The molecule has 28 heavy (non-hydrogen) atoms. The number of amides is 1. The smallest absolute Gasteiger partial charge is 0.261 e. The zero-order valence-corrected chi connectivity index (χ0v) is 14.8. The Hall–Kier alpha value is -3.83. The molecule has 0 unspecified atom stereocenters. The first-order valence-electron chi connectivity index (χ1n) is 8.03. The first-order valence-corrected chi connectivity index (χ1v) is 8.40. The number of phenols is 1. The van der Waals surface area contributed by atoms with Crippen molar-refractivity contribution in [2.24, 2.45) is 0 Å². The maximum absolute atomic E-state index is 14.2. The summed E-state index contributed by atoms with van der Waals surface area (Å²) in [5, 5.41) is 27.2. The Morgan fingerprint density at radius 3 is 2.75 bits per heavy atom. The van der Waals surface area contributed by atoms with E-state index < -0.39 is 11.7 Å². The first-order chi connectivity index (χ1) is 13.5. The first kappa shape index (κ1) is 17.6. The Morgan fingerprint density at radius 2 is 1.96 bits per heavy atom. The molecule has 4 rings (SSSR count). The van der Waals surface area contributed by atoms with Crippen LogP contribution in [0.5, 0.6) is 5.75 Å². The summed E-state index contributed by atoms with van der Waals surface area (Å²) >= 11 is 5.70. The summed E-state index contributed by atoms with van der Waals surface area (Å²) in [7, 11) is 0. The zero-order valence-electron chi connectivity index (χ0n) is 14.0. The van der Waals surface area contributed by atoms with E-state index in [9.17, 15) is 14.3 Å². The van der Waals surface area contributed by atoms with E-state index in [-0.39, 0.29) is 33.5 Å². The summed E-state index contributed by atoms with van der Waals surface area (Å²) in [5.41, 5.74) is 1.72. The summed E-state index contributed by atoms with van der Waals surface area (Å²) in [6, 6.07) is 10.4. The molecule has 0 aliphatic carbocycles. The number of nitriles is 1. The number of hydrogen-bond donors (Lipinski definition) is 4. The number of hydrogen-bond acceptors (Lipinski definition) is 6. The fraction of sp³-hybridized carbons (Fsp3) is 0. The van der Waals surface area contributed by atoms with Crippen LogP contribution in [0.1, 0.15) is 15.9 Å². The molecule has 0 saturated heterocycles. The molecular weight excluding hydrogens is 385 g/mol. The minimum Gasteiger partial charge on any atom is -0.506 e. The number of fused-ring (bicyclic) bond motifs is 2. The number of anilines is 5. The van der Waals surface area contributed by atoms with Crippen molar-refractivity contribution in [2.45, 2.75) is 0 Å². The average molecular weight is 396 g/mol. The third kappa shape index (κ3) is 3.04. The van der Waals surface area contributed by atoms with Crippen molar-refractivity contribution in [3.63, 3.8) is 0 Å². The minimum absolute atomic E-state index is 0.0587. The van der Waals surface area contributed by atoms with Gasteiger partial charge in [-0.25, -0.2) is 9.37 Å². The molecule has 7 nitrogen and oxygen atoms in total. The maximum Gasteiger partial charge on any atom is 0.261 e. The van der Waals surface area contributed by atoms with Gasteiger partial charge >= 0.3 is 0 Å². The van der Waals surface area contributed by atoms with Gasteiger partial charge < -0.3 is 21.1 Å². The van der Waals surface area contributed by atoms with Crippen molar-refractivity contribution >= 4 is 46.1 Å². The molecule has 3 aromatic rings. The summed E-state index contributed by atoms with van der Waals surface area (Å²) < 4.78 is 14.2. The van der Waals surface area contributed by atoms with Crippen molar-refractivity contribution in [2.75, 3.05) is 16.0 Å². The topological polar surface area (TPSA) is 110 Å². The van der Waals surface area contributed by atoms with E-state index in [1.54, 1.807) is 12.1 Å². The van der Waals surface area contributed by atoms with Crippen LogP contribution in [0, 0.1) is 17.1 Å². The number of rotatable bonds is 2. The Labute approximate surface area is 163 Å². The van der Waals surface area contributed by atoms with Crippen LogP contribution in [0.2, 0.25) is 5.02 Å². The lowest BCUT2D eigenvalue weighted by Crippen LogP contribution is -2.14. The molecule has 1 aromatic heterocycles. The van der Waals surface area contributed by atoms with Crippen molar-refractivity contribution in [1.82, 2.24) is 4.98 Å². The van der Waals surface area contributed by atoms with Gasteiger partial charge in [-0.15, -0.1) is 0 Å². The normalized spacial score (nSPS) is 12.0. The number of benzene rings is 2. The number of pyridine rings is 1. The van der Waals surface area contributed by atoms with Gasteiger partial charge in [0.2, 0.25) is 0 Å². The monoisotopic (exact) mass is 395 g/mol. The van der Waals surface area contributed by atoms with Crippen LogP contribution >= 0.6 is 11.6 Å². The van der Waals surface area contributed by atoms with E-state index in [0.717, 1.165) is 12.1 Å². The van der Waals surface area contributed by atoms with E-state index in [4.69, 9.17) is 16.9 Å². The van der Waals surface area contributed by atoms with Gasteiger partial charge in [-0.2, -0.15) is 5.26 Å². The molecule has 1 aliphatic heterocycles. The second-order valence-electron chi connectivity index (χ2n) is 5.94. The molecule has 2 aromatic carbocycles. The molecule has 0 radical (unpaired) electrons. The molecule has 0 saturated carbocycles. The molecule has 0 bridgehead atoms. The summed E-state index contributed by atoms with van der Waals surface area (Å²) in [6.45, 7) is 0. The molecular formula is C19H11ClFN5O2. The van der Waals surface area contributed by atoms with E-state index in [0.29, 0.717) is 16.9 Å². The van der Waals surface area contributed by atoms with Crippen molar-refractivity contribution in [3.05, 3.63) is 64.6 Å². The number of phenolic OH excluding ortho intramolecular Hbond substituents is 1. The van der Waals surface area contributed by atoms with Gasteiger partial charge in [0.05, 0.1) is 39.4 Å². The van der Waals surface area contributed by atoms with E-state index in [1.807, 2.05) is 6.07 Å². The molecule has 9 heteroatoms. The highest BCUT2D eigenvalue weighted by Crippen LogP contribution is 2.37. The Balaban J connectivity index is 1.77. The fourth-order valence-electron chi connectivity index (χ4n) is 2.81. The lowest BCUT2D eigenvalue weighted by atomic mass is 10.1. The van der Waals surface area contributed by atoms with E-state index in [1.165, 1.54) is 18.3 Å². The number of nitrogens with one attached hydrogen (secondary N) is 3. The Kier molecular flexibility index (Phi) is 4.22. The molecule has 4 N–H and O–H groups in total. The molecule has 0 spiro atoms. The number of carbonyl (C=O) groups is 1. The molecule has 2 heterocycles. The fourth-order valence-corrected chi connectivity index (χ4v) is 2.96. The van der Waals surface area contributed by atoms with Crippen molar-refractivity contribution < 1.29 is 14.3 Å². The van der Waals surface area contributed by atoms with Gasteiger partial charge in [0.25, 0.3) is 5.91 Å². The molecule has 138 valence electrons. The van der Waals surface area contributed by atoms with Crippen LogP contribution in [-0.4, -0.2) is 16.0 Å². The number of carbonyl (C=O) groups excluding carboxylic acids is 1. The zero-order chi connectivity index (χ0) is 19.8. The molecule has 1 amide bonds. The van der Waals surface area contributed by atoms with Gasteiger partial charge in [-0.3, -0.25) is 4.79 Å². The number of halogens is 2. The van der Waals surface area contributed by atoms with Crippen LogP contribution < -0.4 is 16.0 Å². The number of aromatic hydroxyl groups is 1. The van der Waals surface area contributed by atoms with Gasteiger partial charge in [0, 0.05) is 12.3 Å². The van der Waals surface area contributed by atoms with Gasteiger partial charge in [0.15, 0.2) is 0 Å². The third-order valence-electron chi connectivity index (χ3n) is 4.13. The van der Waals surface area contributed by atoms with Crippen molar-refractivity contribution in [1.29, 1.82) is 5.26 Å². The van der Waals surface area contributed by atoms with Crippen LogP contribution in [0.25, 0.3) is 0 Å². The molecule has 0 atom stereocenters. The SMILES string of the molecule is N#Cc1ccc2c(c1)NC(=O)c1c(Nc3cc(O)c(Cl)cc3F)ccnc1N2. The maximum atomic E-state index is 14.2. The Bertz CT molecular complexity index is 1180. The predicted octanol–water partition coefficient (Wildman–Crippen LogP) is 4.50. The highest BCUT2D eigenvalue weighted by atomic mass is 35.5. The van der Waals surface area contributed by atoms with Crippen LogP contribution in [0.4, 0.5) is 33.0 Å². The van der Waals surface area contributed by atoms with Gasteiger partial charge in [-0.05, 0) is 30.3 Å². The van der Waals surface area contributed by atoms with E-state index >= 15 is 0 Å². The third-order valence-corrected chi connectivity index (χ3v) is 4.44. The highest BCUT2D eigenvalue weighted by Gasteiger charge is 2.24. The lowest BCUT2D eigenvalue weighted by Gasteiger charge is -2.14. The van der Waals surface area contributed by atoms with Crippen LogP contribution in [0.3, 0.4) is 0 Å².